The summed E-state index contributed by atoms with van der Waals surface area (Å²) in [7, 11) is 0. The number of halogens is 1. The van der Waals surface area contributed by atoms with Crippen molar-refractivity contribution in [3.8, 4) is 0 Å². The quantitative estimate of drug-likeness (QED) is 0.817. The first-order valence-corrected chi connectivity index (χ1v) is 10.1. The second kappa shape index (κ2) is 8.71. The first-order valence-electron chi connectivity index (χ1n) is 9.69. The van der Waals surface area contributed by atoms with E-state index in [0.717, 1.165) is 43.1 Å². The number of nitrogens with zero attached hydrogens (tertiary/aromatic N) is 2. The van der Waals surface area contributed by atoms with Crippen LogP contribution in [-0.2, 0) is 4.74 Å². The van der Waals surface area contributed by atoms with Gasteiger partial charge in [0.05, 0.1) is 24.6 Å². The van der Waals surface area contributed by atoms with E-state index in [1.54, 1.807) is 0 Å². The minimum atomic E-state index is -0.0888. The first-order chi connectivity index (χ1) is 13.7. The maximum absolute atomic E-state index is 12.9. The highest BCUT2D eigenvalue weighted by molar-refractivity contribution is 6.31. The summed E-state index contributed by atoms with van der Waals surface area (Å²) in [6.45, 7) is 4.39. The van der Waals surface area contributed by atoms with Crippen molar-refractivity contribution in [2.75, 3.05) is 54.9 Å². The summed E-state index contributed by atoms with van der Waals surface area (Å²) in [4.78, 5) is 16.9. The van der Waals surface area contributed by atoms with Gasteiger partial charge in [0.2, 0.25) is 0 Å². The third-order valence-corrected chi connectivity index (χ3v) is 5.41. The normalized spacial score (nSPS) is 19.5. The number of para-hydroxylation sites is 1. The highest BCUT2D eigenvalue weighted by Gasteiger charge is 2.27. The summed E-state index contributed by atoms with van der Waals surface area (Å²) < 4.78 is 5.44. The molecular formula is C21H25ClN4O2. The summed E-state index contributed by atoms with van der Waals surface area (Å²) in [5, 5.41) is 7.17. The molecule has 2 fully saturated rings. The summed E-state index contributed by atoms with van der Waals surface area (Å²) in [6.07, 6.45) is 0.925. The number of anilines is 3. The van der Waals surface area contributed by atoms with Gasteiger partial charge in [-0.25, -0.2) is 4.79 Å². The van der Waals surface area contributed by atoms with E-state index in [1.807, 2.05) is 53.4 Å². The fourth-order valence-corrected chi connectivity index (χ4v) is 3.89. The Kier molecular flexibility index (Phi) is 5.88. The third-order valence-electron chi connectivity index (χ3n) is 5.17. The van der Waals surface area contributed by atoms with Crippen LogP contribution in [-0.4, -0.2) is 56.4 Å². The van der Waals surface area contributed by atoms with Crippen molar-refractivity contribution >= 4 is 34.7 Å². The highest BCUT2D eigenvalue weighted by atomic mass is 35.5. The Labute approximate surface area is 170 Å². The topological polar surface area (TPSA) is 56.8 Å². The molecule has 2 N–H and O–H groups in total. The lowest BCUT2D eigenvalue weighted by Gasteiger charge is -2.31. The molecule has 1 unspecified atom stereocenters. The van der Waals surface area contributed by atoms with Crippen LogP contribution in [0.15, 0.2) is 48.5 Å². The molecule has 148 valence electrons. The van der Waals surface area contributed by atoms with Crippen molar-refractivity contribution in [2.24, 2.45) is 0 Å². The van der Waals surface area contributed by atoms with E-state index in [4.69, 9.17) is 16.3 Å². The molecule has 28 heavy (non-hydrogen) atoms. The second-order valence-electron chi connectivity index (χ2n) is 7.13. The molecule has 0 bridgehead atoms. The summed E-state index contributed by atoms with van der Waals surface area (Å²) >= 11 is 6.19. The molecule has 2 aliphatic rings. The van der Waals surface area contributed by atoms with Crippen molar-refractivity contribution in [3.63, 3.8) is 0 Å². The van der Waals surface area contributed by atoms with E-state index in [1.165, 1.54) is 0 Å². The van der Waals surface area contributed by atoms with E-state index in [0.29, 0.717) is 24.8 Å². The standard InChI is InChI=1S/C21H25ClN4O2/c22-16-6-7-20(25-10-12-28-13-11-25)19(14-16)24-21(27)26-9-8-18(15-26)23-17-4-2-1-3-5-17/h1-7,14,18,23H,8-13,15H2,(H,24,27). The number of nitrogens with one attached hydrogen (secondary N) is 2. The average molecular weight is 401 g/mol. The van der Waals surface area contributed by atoms with Crippen molar-refractivity contribution in [1.82, 2.24) is 4.90 Å². The van der Waals surface area contributed by atoms with Crippen molar-refractivity contribution in [3.05, 3.63) is 53.6 Å². The van der Waals surface area contributed by atoms with Crippen molar-refractivity contribution in [1.29, 1.82) is 0 Å². The van der Waals surface area contributed by atoms with Crippen LogP contribution in [0.2, 0.25) is 5.02 Å². The van der Waals surface area contributed by atoms with Gasteiger partial charge in [-0.2, -0.15) is 0 Å². The molecular weight excluding hydrogens is 376 g/mol. The van der Waals surface area contributed by atoms with E-state index < -0.39 is 0 Å². The zero-order valence-corrected chi connectivity index (χ0v) is 16.5. The van der Waals surface area contributed by atoms with Gasteiger partial charge < -0.3 is 25.2 Å². The molecule has 0 saturated carbocycles. The van der Waals surface area contributed by atoms with Crippen LogP contribution >= 0.6 is 11.6 Å². The zero-order chi connectivity index (χ0) is 19.3. The number of ether oxygens (including phenoxy) is 1. The molecule has 0 spiro atoms. The second-order valence-corrected chi connectivity index (χ2v) is 7.57. The maximum atomic E-state index is 12.9. The number of carbonyl (C=O) groups excluding carboxylic acids is 1. The fraction of sp³-hybridized carbons (Fsp3) is 0.381. The van der Waals surface area contributed by atoms with Crippen molar-refractivity contribution < 1.29 is 9.53 Å². The molecule has 0 aromatic heterocycles. The van der Waals surface area contributed by atoms with E-state index in [9.17, 15) is 4.79 Å². The van der Waals surface area contributed by atoms with Crippen molar-refractivity contribution in [2.45, 2.75) is 12.5 Å². The maximum Gasteiger partial charge on any atom is 0.321 e. The highest BCUT2D eigenvalue weighted by Crippen LogP contribution is 2.30. The predicted octanol–water partition coefficient (Wildman–Crippen LogP) is 3.89. The smallest absolute Gasteiger partial charge is 0.321 e. The van der Waals surface area contributed by atoms with E-state index >= 15 is 0 Å². The molecule has 2 aromatic carbocycles. The van der Waals surface area contributed by atoms with Crippen LogP contribution in [0.4, 0.5) is 21.9 Å². The Hall–Kier alpha value is -2.44. The Morgan fingerprint density at radius 1 is 1.07 bits per heavy atom. The van der Waals surface area contributed by atoms with Gasteiger partial charge in [0.15, 0.2) is 0 Å². The Balaban J connectivity index is 1.40. The van der Waals surface area contributed by atoms with E-state index in [-0.39, 0.29) is 12.1 Å². The molecule has 4 rings (SSSR count). The number of morpholine rings is 1. The van der Waals surface area contributed by atoms with E-state index in [2.05, 4.69) is 15.5 Å². The average Bonchev–Trinajstić information content (AvgIpc) is 3.18. The van der Waals surface area contributed by atoms with Crippen LogP contribution in [0, 0.1) is 0 Å². The summed E-state index contributed by atoms with van der Waals surface area (Å²) in [5.41, 5.74) is 2.82. The molecule has 0 radical (unpaired) electrons. The Bertz CT molecular complexity index is 811. The Morgan fingerprint density at radius 2 is 1.86 bits per heavy atom. The van der Waals surface area contributed by atoms with Gasteiger partial charge in [0.25, 0.3) is 0 Å². The number of amides is 2. The number of carbonyl (C=O) groups is 1. The van der Waals surface area contributed by atoms with Gasteiger partial charge in [-0.05, 0) is 36.8 Å². The summed E-state index contributed by atoms with van der Waals surface area (Å²) in [5.74, 6) is 0. The lowest BCUT2D eigenvalue weighted by Crippen LogP contribution is -2.38. The molecule has 2 aromatic rings. The molecule has 6 nitrogen and oxygen atoms in total. The SMILES string of the molecule is O=C(Nc1cc(Cl)ccc1N1CCOCC1)N1CCC(Nc2ccccc2)C1. The predicted molar refractivity (Wildman–Crippen MR) is 114 cm³/mol. The fourth-order valence-electron chi connectivity index (χ4n) is 3.72. The van der Waals surface area contributed by atoms with Crippen LogP contribution in [0.1, 0.15) is 6.42 Å². The van der Waals surface area contributed by atoms with Gasteiger partial charge in [-0.15, -0.1) is 0 Å². The van der Waals surface area contributed by atoms with Crippen LogP contribution in [0.3, 0.4) is 0 Å². The molecule has 7 heteroatoms. The van der Waals surface area contributed by atoms with Gasteiger partial charge in [-0.1, -0.05) is 29.8 Å². The van der Waals surface area contributed by atoms with Gasteiger partial charge in [0.1, 0.15) is 0 Å². The molecule has 2 aliphatic heterocycles. The lowest BCUT2D eigenvalue weighted by molar-refractivity contribution is 0.123. The van der Waals surface area contributed by atoms with Crippen LogP contribution in [0.25, 0.3) is 0 Å². The number of urea groups is 1. The number of likely N-dealkylation sites (tertiary alicyclic amines) is 1. The lowest BCUT2D eigenvalue weighted by atomic mass is 10.2. The minimum Gasteiger partial charge on any atom is -0.380 e. The molecule has 2 heterocycles. The largest absolute Gasteiger partial charge is 0.380 e. The third kappa shape index (κ3) is 4.51. The molecule has 2 saturated heterocycles. The first kappa shape index (κ1) is 18.9. The van der Waals surface area contributed by atoms with Gasteiger partial charge in [0, 0.05) is 42.9 Å². The number of hydrogen-bond donors (Lipinski definition) is 2. The molecule has 2 amide bonds. The van der Waals surface area contributed by atoms with Crippen LogP contribution in [0.5, 0.6) is 0 Å². The van der Waals surface area contributed by atoms with Gasteiger partial charge >= 0.3 is 6.03 Å². The molecule has 0 aliphatic carbocycles. The summed E-state index contributed by atoms with van der Waals surface area (Å²) in [6, 6.07) is 15.9. The zero-order valence-electron chi connectivity index (χ0n) is 15.7. The van der Waals surface area contributed by atoms with Gasteiger partial charge in [-0.3, -0.25) is 0 Å². The number of benzene rings is 2. The Morgan fingerprint density at radius 3 is 2.64 bits per heavy atom. The monoisotopic (exact) mass is 400 g/mol. The molecule has 1 atom stereocenters. The minimum absolute atomic E-state index is 0.0888. The number of rotatable bonds is 4. The number of hydrogen-bond acceptors (Lipinski definition) is 4. The van der Waals surface area contributed by atoms with Crippen LogP contribution < -0.4 is 15.5 Å².